The smallest absolute Gasteiger partial charge is 0.254 e. The Morgan fingerprint density at radius 2 is 1.50 bits per heavy atom. The molecule has 2 atom stereocenters. The van der Waals surface area contributed by atoms with E-state index in [0.717, 1.165) is 0 Å². The zero-order valence-corrected chi connectivity index (χ0v) is 9.61. The number of benzene rings is 1. The number of aliphatic hydroxyl groups is 2. The van der Waals surface area contributed by atoms with Gasteiger partial charge < -0.3 is 20.8 Å². The van der Waals surface area contributed by atoms with Gasteiger partial charge in [-0.15, -0.1) is 0 Å². The fourth-order valence-corrected chi connectivity index (χ4v) is 1.89. The van der Waals surface area contributed by atoms with E-state index < -0.39 is 18.1 Å². The summed E-state index contributed by atoms with van der Waals surface area (Å²) in [6.07, 6.45) is -1.81. The van der Waals surface area contributed by atoms with Crippen LogP contribution in [0.2, 0.25) is 0 Å². The number of rotatable bonds is 2. The Morgan fingerprint density at radius 1 is 1.06 bits per heavy atom. The van der Waals surface area contributed by atoms with Crippen molar-refractivity contribution in [3.8, 4) is 0 Å². The number of nitrogens with zero attached hydrogens (tertiary/aromatic N) is 1. The first-order valence-electron chi connectivity index (χ1n) is 5.54. The second-order valence-corrected chi connectivity index (χ2v) is 4.29. The van der Waals surface area contributed by atoms with Gasteiger partial charge in [0.25, 0.3) is 5.91 Å². The van der Waals surface area contributed by atoms with Gasteiger partial charge in [0.15, 0.2) is 0 Å². The first-order valence-corrected chi connectivity index (χ1v) is 5.54. The van der Waals surface area contributed by atoms with Crippen molar-refractivity contribution in [2.24, 2.45) is 5.73 Å². The van der Waals surface area contributed by atoms with Gasteiger partial charge in [-0.05, 0) is 24.3 Å². The largest absolute Gasteiger partial charge is 0.388 e. The summed E-state index contributed by atoms with van der Waals surface area (Å²) < 4.78 is 0. The number of hydrogen-bond donors (Lipinski definition) is 3. The Kier molecular flexibility index (Phi) is 3.31. The number of aliphatic hydroxyl groups excluding tert-OH is 2. The van der Waals surface area contributed by atoms with E-state index in [-0.39, 0.29) is 19.0 Å². The molecule has 1 aromatic carbocycles. The average Bonchev–Trinajstić information content (AvgIpc) is 2.69. The molecule has 0 aliphatic carbocycles. The van der Waals surface area contributed by atoms with Gasteiger partial charge in [-0.2, -0.15) is 0 Å². The maximum absolute atomic E-state index is 12.0. The van der Waals surface area contributed by atoms with E-state index >= 15 is 0 Å². The molecule has 18 heavy (non-hydrogen) atoms. The van der Waals surface area contributed by atoms with Crippen LogP contribution < -0.4 is 5.73 Å². The van der Waals surface area contributed by atoms with Crippen LogP contribution in [0, 0.1) is 0 Å². The van der Waals surface area contributed by atoms with Crippen molar-refractivity contribution in [3.63, 3.8) is 0 Å². The van der Waals surface area contributed by atoms with Gasteiger partial charge in [-0.1, -0.05) is 0 Å². The maximum atomic E-state index is 12.0. The summed E-state index contributed by atoms with van der Waals surface area (Å²) in [4.78, 5) is 24.3. The number of hydrogen-bond acceptors (Lipinski definition) is 4. The van der Waals surface area contributed by atoms with Gasteiger partial charge in [0, 0.05) is 24.2 Å². The molecule has 1 aliphatic heterocycles. The maximum Gasteiger partial charge on any atom is 0.254 e. The molecule has 2 unspecified atom stereocenters. The van der Waals surface area contributed by atoms with Crippen LogP contribution in [-0.4, -0.2) is 52.2 Å². The fraction of sp³-hybridized carbons (Fsp3) is 0.333. The van der Waals surface area contributed by atoms with Crippen LogP contribution in [0.15, 0.2) is 24.3 Å². The molecule has 96 valence electrons. The third-order valence-electron chi connectivity index (χ3n) is 2.96. The van der Waals surface area contributed by atoms with Crippen molar-refractivity contribution in [3.05, 3.63) is 35.4 Å². The third kappa shape index (κ3) is 2.34. The summed E-state index contributed by atoms with van der Waals surface area (Å²) in [5, 5.41) is 18.8. The molecule has 1 aliphatic rings. The second-order valence-electron chi connectivity index (χ2n) is 4.29. The number of likely N-dealkylation sites (tertiary alicyclic amines) is 1. The van der Waals surface area contributed by atoms with Gasteiger partial charge in [0.1, 0.15) is 0 Å². The van der Waals surface area contributed by atoms with E-state index in [4.69, 9.17) is 5.73 Å². The molecule has 2 amide bonds. The summed E-state index contributed by atoms with van der Waals surface area (Å²) in [7, 11) is 0. The van der Waals surface area contributed by atoms with E-state index in [2.05, 4.69) is 0 Å². The Hall–Kier alpha value is -1.92. The zero-order valence-electron chi connectivity index (χ0n) is 9.61. The van der Waals surface area contributed by atoms with Crippen molar-refractivity contribution in [2.45, 2.75) is 12.2 Å². The fourth-order valence-electron chi connectivity index (χ4n) is 1.89. The molecule has 1 heterocycles. The molecule has 0 radical (unpaired) electrons. The molecule has 6 nitrogen and oxygen atoms in total. The highest BCUT2D eigenvalue weighted by Gasteiger charge is 2.32. The monoisotopic (exact) mass is 250 g/mol. The lowest BCUT2D eigenvalue weighted by Gasteiger charge is -2.15. The molecule has 4 N–H and O–H groups in total. The number of carbonyl (C=O) groups excluding carboxylic acids is 2. The molecular formula is C12H14N2O4. The minimum absolute atomic E-state index is 0.109. The predicted molar refractivity (Wildman–Crippen MR) is 62.9 cm³/mol. The number of carbonyl (C=O) groups is 2. The van der Waals surface area contributed by atoms with Crippen LogP contribution >= 0.6 is 0 Å². The summed E-state index contributed by atoms with van der Waals surface area (Å²) in [6.45, 7) is 0.217. The van der Waals surface area contributed by atoms with E-state index in [9.17, 15) is 19.8 Å². The SMILES string of the molecule is NC(=O)c1ccc(C(=O)N2CC(O)C(O)C2)cc1. The number of β-amino-alcohol motifs (C(OH)–C–C–N with tert-alkyl or cyclic N) is 2. The van der Waals surface area contributed by atoms with Crippen molar-refractivity contribution in [1.29, 1.82) is 0 Å². The van der Waals surface area contributed by atoms with E-state index in [1.54, 1.807) is 0 Å². The van der Waals surface area contributed by atoms with E-state index in [0.29, 0.717) is 11.1 Å². The van der Waals surface area contributed by atoms with Crippen molar-refractivity contribution >= 4 is 11.8 Å². The lowest BCUT2D eigenvalue weighted by molar-refractivity contribution is 0.0572. The van der Waals surface area contributed by atoms with Crippen LogP contribution in [0.25, 0.3) is 0 Å². The Bertz CT molecular complexity index is 461. The highest BCUT2D eigenvalue weighted by atomic mass is 16.3. The van der Waals surface area contributed by atoms with Gasteiger partial charge in [-0.3, -0.25) is 9.59 Å². The average molecular weight is 250 g/mol. The molecule has 2 rings (SSSR count). The van der Waals surface area contributed by atoms with E-state index in [1.165, 1.54) is 29.2 Å². The van der Waals surface area contributed by atoms with Gasteiger partial charge in [0.2, 0.25) is 5.91 Å². The normalized spacial score (nSPS) is 23.1. The molecule has 1 fully saturated rings. The third-order valence-corrected chi connectivity index (χ3v) is 2.96. The van der Waals surface area contributed by atoms with Crippen LogP contribution in [0.1, 0.15) is 20.7 Å². The Morgan fingerprint density at radius 3 is 1.94 bits per heavy atom. The van der Waals surface area contributed by atoms with E-state index in [1.807, 2.05) is 0 Å². The van der Waals surface area contributed by atoms with Crippen molar-refractivity contribution in [2.75, 3.05) is 13.1 Å². The Labute approximate surface area is 104 Å². The molecule has 1 saturated heterocycles. The standard InChI is InChI=1S/C12H14N2O4/c13-11(17)7-1-3-8(4-2-7)12(18)14-5-9(15)10(16)6-14/h1-4,9-10,15-16H,5-6H2,(H2,13,17). The summed E-state index contributed by atoms with van der Waals surface area (Å²) in [6, 6.07) is 5.94. The summed E-state index contributed by atoms with van der Waals surface area (Å²) in [5.74, 6) is -0.845. The van der Waals surface area contributed by atoms with Crippen LogP contribution in [0.3, 0.4) is 0 Å². The highest BCUT2D eigenvalue weighted by molar-refractivity contribution is 5.97. The quantitative estimate of drug-likeness (QED) is 0.623. The summed E-state index contributed by atoms with van der Waals surface area (Å²) in [5.41, 5.74) is 5.82. The summed E-state index contributed by atoms with van der Waals surface area (Å²) >= 11 is 0. The predicted octanol–water partition coefficient (Wildman–Crippen LogP) is -1.04. The molecule has 0 saturated carbocycles. The number of amides is 2. The van der Waals surface area contributed by atoms with Crippen LogP contribution in [0.4, 0.5) is 0 Å². The minimum atomic E-state index is -0.904. The Balaban J connectivity index is 2.12. The van der Waals surface area contributed by atoms with Crippen molar-refractivity contribution in [1.82, 2.24) is 4.90 Å². The van der Waals surface area contributed by atoms with Gasteiger partial charge >= 0.3 is 0 Å². The van der Waals surface area contributed by atoms with Crippen molar-refractivity contribution < 1.29 is 19.8 Å². The first kappa shape index (κ1) is 12.5. The molecular weight excluding hydrogens is 236 g/mol. The molecule has 1 aromatic rings. The molecule has 0 bridgehead atoms. The highest BCUT2D eigenvalue weighted by Crippen LogP contribution is 2.14. The molecule has 6 heteroatoms. The zero-order chi connectivity index (χ0) is 13.3. The van der Waals surface area contributed by atoms with Gasteiger partial charge in [-0.25, -0.2) is 0 Å². The van der Waals surface area contributed by atoms with Crippen LogP contribution in [0.5, 0.6) is 0 Å². The number of primary amides is 1. The lowest BCUT2D eigenvalue weighted by atomic mass is 10.1. The lowest BCUT2D eigenvalue weighted by Crippen LogP contribution is -2.29. The molecule has 0 spiro atoms. The van der Waals surface area contributed by atoms with Crippen LogP contribution in [-0.2, 0) is 0 Å². The minimum Gasteiger partial charge on any atom is -0.388 e. The first-order chi connectivity index (χ1) is 8.49. The second kappa shape index (κ2) is 4.75. The molecule has 0 aromatic heterocycles. The topological polar surface area (TPSA) is 104 Å². The number of nitrogens with two attached hydrogens (primary N) is 1. The van der Waals surface area contributed by atoms with Gasteiger partial charge in [0.05, 0.1) is 12.2 Å².